The molecule has 0 fully saturated rings. The summed E-state index contributed by atoms with van der Waals surface area (Å²) in [4.78, 5) is 31.8. The van der Waals surface area contributed by atoms with Gasteiger partial charge in [-0.3, -0.25) is 19.9 Å². The number of anilines is 1. The van der Waals surface area contributed by atoms with Gasteiger partial charge in [-0.2, -0.15) is 0 Å². The molecule has 0 saturated carbocycles. The number of nitro benzene ring substituents is 1. The summed E-state index contributed by atoms with van der Waals surface area (Å²) in [5.41, 5.74) is 0.759. The molecule has 2 heterocycles. The Kier molecular flexibility index (Phi) is 6.12. The first-order valence-electron chi connectivity index (χ1n) is 10.1. The first-order valence-corrected chi connectivity index (χ1v) is 10.1. The minimum Gasteiger partial charge on any atom is -0.484 e. The highest BCUT2D eigenvalue weighted by Gasteiger charge is 2.20. The van der Waals surface area contributed by atoms with Crippen molar-refractivity contribution in [2.24, 2.45) is 0 Å². The van der Waals surface area contributed by atoms with Crippen molar-refractivity contribution >= 4 is 28.3 Å². The normalized spacial score (nSPS) is 10.8. The van der Waals surface area contributed by atoms with Gasteiger partial charge in [0, 0.05) is 30.1 Å². The number of nitrogens with one attached hydrogen (secondary N) is 1. The highest BCUT2D eigenvalue weighted by Crippen LogP contribution is 2.37. The lowest BCUT2D eigenvalue weighted by Gasteiger charge is -2.13. The summed E-state index contributed by atoms with van der Waals surface area (Å²) in [6, 6.07) is 16.3. The SMILES string of the molecule is CC(C)Oc1cc2nccc(Oc3ccc(C(=O)Nc4ccccn4)cc3)c2cc1[N+](=O)[O-]. The second-order valence-corrected chi connectivity index (χ2v) is 7.37. The topological polar surface area (TPSA) is 116 Å². The van der Waals surface area contributed by atoms with E-state index in [1.807, 2.05) is 0 Å². The summed E-state index contributed by atoms with van der Waals surface area (Å²) >= 11 is 0. The number of carbonyl (C=O) groups is 1. The van der Waals surface area contributed by atoms with Crippen LogP contribution in [0.1, 0.15) is 24.2 Å². The van der Waals surface area contributed by atoms with Crippen molar-refractivity contribution in [1.29, 1.82) is 0 Å². The Labute approximate surface area is 189 Å². The number of rotatable bonds is 7. The molecule has 4 aromatic rings. The molecule has 2 aromatic heterocycles. The van der Waals surface area contributed by atoms with E-state index in [-0.39, 0.29) is 23.4 Å². The van der Waals surface area contributed by atoms with Crippen LogP contribution in [0.4, 0.5) is 11.5 Å². The molecule has 0 aliphatic carbocycles. The number of fused-ring (bicyclic) bond motifs is 1. The second kappa shape index (κ2) is 9.31. The van der Waals surface area contributed by atoms with E-state index in [1.54, 1.807) is 74.8 Å². The van der Waals surface area contributed by atoms with Gasteiger partial charge >= 0.3 is 5.69 Å². The first-order chi connectivity index (χ1) is 15.9. The van der Waals surface area contributed by atoms with Gasteiger partial charge in [0.25, 0.3) is 5.91 Å². The summed E-state index contributed by atoms with van der Waals surface area (Å²) in [6.45, 7) is 3.59. The fraction of sp³-hybridized carbons (Fsp3) is 0.125. The number of pyridine rings is 2. The van der Waals surface area contributed by atoms with Crippen LogP contribution in [0.5, 0.6) is 17.2 Å². The van der Waals surface area contributed by atoms with Crippen LogP contribution in [0.2, 0.25) is 0 Å². The Balaban J connectivity index is 1.59. The molecule has 1 amide bonds. The molecule has 0 radical (unpaired) electrons. The molecule has 0 unspecified atom stereocenters. The molecular formula is C24H20N4O5. The summed E-state index contributed by atoms with van der Waals surface area (Å²) < 4.78 is 11.5. The third-order valence-electron chi connectivity index (χ3n) is 4.59. The van der Waals surface area contributed by atoms with Gasteiger partial charge in [-0.25, -0.2) is 4.98 Å². The van der Waals surface area contributed by atoms with Crippen LogP contribution >= 0.6 is 0 Å². The van der Waals surface area contributed by atoms with Crippen LogP contribution in [-0.4, -0.2) is 26.9 Å². The van der Waals surface area contributed by atoms with Gasteiger partial charge in [0.05, 0.1) is 21.9 Å². The van der Waals surface area contributed by atoms with Crippen molar-refractivity contribution in [3.63, 3.8) is 0 Å². The predicted octanol–water partition coefficient (Wildman–Crippen LogP) is 5.37. The van der Waals surface area contributed by atoms with E-state index in [2.05, 4.69) is 15.3 Å². The zero-order valence-corrected chi connectivity index (χ0v) is 17.9. The molecule has 0 aliphatic rings. The first kappa shape index (κ1) is 21.7. The number of carbonyl (C=O) groups excluding carboxylic acids is 1. The standard InChI is InChI=1S/C24H20N4O5/c1-15(2)32-22-14-19-18(13-20(22)28(30)31)21(10-12-25-19)33-17-8-6-16(7-9-17)24(29)27-23-5-3-4-11-26-23/h3-15H,1-2H3,(H,26,27,29). The van der Waals surface area contributed by atoms with E-state index in [0.717, 1.165) is 0 Å². The van der Waals surface area contributed by atoms with Gasteiger partial charge in [0.1, 0.15) is 17.3 Å². The quantitative estimate of drug-likeness (QED) is 0.301. The van der Waals surface area contributed by atoms with Crippen LogP contribution in [0.3, 0.4) is 0 Å². The number of nitro groups is 1. The summed E-state index contributed by atoms with van der Waals surface area (Å²) in [7, 11) is 0. The Morgan fingerprint density at radius 3 is 2.45 bits per heavy atom. The number of hydrogen-bond donors (Lipinski definition) is 1. The smallest absolute Gasteiger partial charge is 0.311 e. The molecule has 9 heteroatoms. The van der Waals surface area contributed by atoms with Crippen molar-refractivity contribution < 1.29 is 19.2 Å². The number of ether oxygens (including phenoxy) is 2. The molecule has 1 N–H and O–H groups in total. The average molecular weight is 444 g/mol. The number of benzene rings is 2. The summed E-state index contributed by atoms with van der Waals surface area (Å²) in [6.07, 6.45) is 2.92. The molecule has 166 valence electrons. The fourth-order valence-electron chi connectivity index (χ4n) is 3.14. The van der Waals surface area contributed by atoms with E-state index in [0.29, 0.717) is 33.8 Å². The van der Waals surface area contributed by atoms with Crippen molar-refractivity contribution in [2.75, 3.05) is 5.32 Å². The van der Waals surface area contributed by atoms with Gasteiger partial charge in [0.15, 0.2) is 5.75 Å². The van der Waals surface area contributed by atoms with Crippen molar-refractivity contribution in [2.45, 2.75) is 20.0 Å². The Morgan fingerprint density at radius 1 is 1.00 bits per heavy atom. The van der Waals surface area contributed by atoms with E-state index in [4.69, 9.17) is 9.47 Å². The molecule has 2 aromatic carbocycles. The molecular weight excluding hydrogens is 424 g/mol. The molecule has 0 spiro atoms. The maximum atomic E-state index is 12.4. The van der Waals surface area contributed by atoms with Crippen LogP contribution < -0.4 is 14.8 Å². The maximum Gasteiger partial charge on any atom is 0.311 e. The van der Waals surface area contributed by atoms with Gasteiger partial charge in [0.2, 0.25) is 0 Å². The van der Waals surface area contributed by atoms with Crippen LogP contribution in [0.25, 0.3) is 10.9 Å². The van der Waals surface area contributed by atoms with E-state index in [9.17, 15) is 14.9 Å². The molecule has 0 atom stereocenters. The van der Waals surface area contributed by atoms with Gasteiger partial charge < -0.3 is 14.8 Å². The highest BCUT2D eigenvalue weighted by molar-refractivity contribution is 6.03. The molecule has 33 heavy (non-hydrogen) atoms. The van der Waals surface area contributed by atoms with Gasteiger partial charge in [-0.15, -0.1) is 0 Å². The van der Waals surface area contributed by atoms with Gasteiger partial charge in [-0.1, -0.05) is 6.07 Å². The zero-order valence-electron chi connectivity index (χ0n) is 17.9. The molecule has 0 bridgehead atoms. The van der Waals surface area contributed by atoms with Gasteiger partial charge in [-0.05, 0) is 56.3 Å². The lowest BCUT2D eigenvalue weighted by molar-refractivity contribution is -0.385. The monoisotopic (exact) mass is 444 g/mol. The minimum absolute atomic E-state index is 0.149. The molecule has 9 nitrogen and oxygen atoms in total. The Bertz CT molecular complexity index is 1310. The zero-order chi connectivity index (χ0) is 23.4. The predicted molar refractivity (Wildman–Crippen MR) is 123 cm³/mol. The van der Waals surface area contributed by atoms with Crippen LogP contribution in [0, 0.1) is 10.1 Å². The van der Waals surface area contributed by atoms with Crippen LogP contribution in [0.15, 0.2) is 73.1 Å². The number of nitrogens with zero attached hydrogens (tertiary/aromatic N) is 3. The Hall–Kier alpha value is -4.53. The lowest BCUT2D eigenvalue weighted by Crippen LogP contribution is -2.12. The van der Waals surface area contributed by atoms with Crippen molar-refractivity contribution in [1.82, 2.24) is 9.97 Å². The van der Waals surface area contributed by atoms with Crippen LogP contribution in [-0.2, 0) is 0 Å². The minimum atomic E-state index is -0.497. The average Bonchev–Trinajstić information content (AvgIpc) is 2.79. The molecule has 0 saturated heterocycles. The highest BCUT2D eigenvalue weighted by atomic mass is 16.6. The maximum absolute atomic E-state index is 12.4. The van der Waals surface area contributed by atoms with E-state index >= 15 is 0 Å². The summed E-state index contributed by atoms with van der Waals surface area (Å²) in [5, 5.41) is 14.8. The van der Waals surface area contributed by atoms with E-state index < -0.39 is 4.92 Å². The lowest BCUT2D eigenvalue weighted by atomic mass is 10.1. The third-order valence-corrected chi connectivity index (χ3v) is 4.59. The third kappa shape index (κ3) is 5.04. The Morgan fingerprint density at radius 2 is 1.79 bits per heavy atom. The fourth-order valence-corrected chi connectivity index (χ4v) is 3.14. The molecule has 0 aliphatic heterocycles. The van der Waals surface area contributed by atoms with Crippen molar-refractivity contribution in [3.8, 4) is 17.2 Å². The largest absolute Gasteiger partial charge is 0.484 e. The van der Waals surface area contributed by atoms with E-state index in [1.165, 1.54) is 12.1 Å². The summed E-state index contributed by atoms with van der Waals surface area (Å²) in [5.74, 6) is 1.15. The molecule has 4 rings (SSSR count). The number of amides is 1. The second-order valence-electron chi connectivity index (χ2n) is 7.37. The number of hydrogen-bond acceptors (Lipinski definition) is 7. The van der Waals surface area contributed by atoms with Crippen molar-refractivity contribution in [3.05, 3.63) is 88.7 Å². The number of aromatic nitrogens is 2.